The molecule has 25 heavy (non-hydrogen) atoms. The molecule has 0 radical (unpaired) electrons. The van der Waals surface area contributed by atoms with E-state index in [2.05, 4.69) is 55.4 Å². The second-order valence-electron chi connectivity index (χ2n) is 9.23. The maximum Gasteiger partial charge on any atom is 0.335 e. The molecular formula is C18H35FO4Si2. The zero-order valence-electron chi connectivity index (χ0n) is 16.9. The summed E-state index contributed by atoms with van der Waals surface area (Å²) in [4.78, 5) is 0. The van der Waals surface area contributed by atoms with Crippen LogP contribution in [0.4, 0.5) is 4.39 Å². The van der Waals surface area contributed by atoms with E-state index in [0.717, 1.165) is 0 Å². The summed E-state index contributed by atoms with van der Waals surface area (Å²) >= 11 is 0. The minimum absolute atomic E-state index is 0.00218. The molecule has 2 saturated heterocycles. The topological polar surface area (TPSA) is 40.2 Å². The van der Waals surface area contributed by atoms with Crippen molar-refractivity contribution >= 4 is 17.1 Å². The van der Waals surface area contributed by atoms with Crippen molar-refractivity contribution in [3.63, 3.8) is 0 Å². The molecule has 1 aliphatic carbocycles. The first-order valence-electron chi connectivity index (χ1n) is 9.88. The molecule has 0 N–H and O–H groups in total. The highest BCUT2D eigenvalue weighted by molar-refractivity contribution is 6.83. The van der Waals surface area contributed by atoms with E-state index in [-0.39, 0.29) is 29.2 Å². The Balaban J connectivity index is 2.04. The lowest BCUT2D eigenvalue weighted by atomic mass is 10.1. The Morgan fingerprint density at radius 2 is 1.28 bits per heavy atom. The molecular weight excluding hydrogens is 355 g/mol. The highest BCUT2D eigenvalue weighted by atomic mass is 28.5. The van der Waals surface area contributed by atoms with Crippen LogP contribution in [0.25, 0.3) is 0 Å². The van der Waals surface area contributed by atoms with Crippen molar-refractivity contribution in [2.24, 2.45) is 5.92 Å². The summed E-state index contributed by atoms with van der Waals surface area (Å²) < 4.78 is 40.8. The van der Waals surface area contributed by atoms with E-state index in [1.54, 1.807) is 0 Å². The Morgan fingerprint density at radius 1 is 0.760 bits per heavy atom. The smallest absolute Gasteiger partial charge is 0.335 e. The van der Waals surface area contributed by atoms with Crippen LogP contribution in [0, 0.1) is 5.92 Å². The van der Waals surface area contributed by atoms with Crippen molar-refractivity contribution < 1.29 is 22.1 Å². The van der Waals surface area contributed by atoms with Crippen LogP contribution in [-0.2, 0) is 17.7 Å². The molecule has 0 aromatic rings. The van der Waals surface area contributed by atoms with Gasteiger partial charge in [0.1, 0.15) is 6.10 Å². The summed E-state index contributed by atoms with van der Waals surface area (Å²) in [6.45, 7) is 18.0. The van der Waals surface area contributed by atoms with E-state index < -0.39 is 29.4 Å². The molecule has 2 aliphatic heterocycles. The van der Waals surface area contributed by atoms with Gasteiger partial charge in [-0.2, -0.15) is 0 Å². The van der Waals surface area contributed by atoms with E-state index in [1.807, 2.05) is 0 Å². The van der Waals surface area contributed by atoms with E-state index in [0.29, 0.717) is 17.7 Å². The van der Waals surface area contributed by atoms with Crippen molar-refractivity contribution in [2.45, 2.75) is 102 Å². The first kappa shape index (κ1) is 20.0. The molecule has 0 bridgehead atoms. The molecule has 5 atom stereocenters. The molecule has 7 heteroatoms. The number of ether oxygens (including phenoxy) is 1. The van der Waals surface area contributed by atoms with Crippen molar-refractivity contribution in [3.05, 3.63) is 0 Å². The third kappa shape index (κ3) is 2.99. The minimum atomic E-state index is -2.68. The predicted molar refractivity (Wildman–Crippen MR) is 101 cm³/mol. The largest absolute Gasteiger partial charge is 0.414 e. The van der Waals surface area contributed by atoms with Crippen molar-refractivity contribution in [1.82, 2.24) is 0 Å². The zero-order valence-corrected chi connectivity index (χ0v) is 18.9. The van der Waals surface area contributed by atoms with Gasteiger partial charge in [0, 0.05) is 12.5 Å². The van der Waals surface area contributed by atoms with Gasteiger partial charge in [0.25, 0.3) is 0 Å². The Hall–Kier alpha value is 0.204. The van der Waals surface area contributed by atoms with E-state index >= 15 is 0 Å². The third-order valence-electron chi connectivity index (χ3n) is 6.39. The van der Waals surface area contributed by atoms with Crippen LogP contribution in [0.1, 0.15) is 55.4 Å². The summed E-state index contributed by atoms with van der Waals surface area (Å²) in [5.41, 5.74) is 1.11. The molecule has 2 heterocycles. The quantitative estimate of drug-likeness (QED) is 0.516. The van der Waals surface area contributed by atoms with E-state index in [4.69, 9.17) is 17.7 Å². The van der Waals surface area contributed by atoms with Crippen LogP contribution < -0.4 is 0 Å². The van der Waals surface area contributed by atoms with Crippen LogP contribution in [0.15, 0.2) is 0 Å². The Morgan fingerprint density at radius 3 is 1.76 bits per heavy atom. The van der Waals surface area contributed by atoms with Crippen LogP contribution in [-0.4, -0.2) is 48.2 Å². The first-order valence-corrected chi connectivity index (χ1v) is 13.8. The Kier molecular flexibility index (Phi) is 5.32. The summed E-state index contributed by atoms with van der Waals surface area (Å²) in [5, 5.41) is 0. The van der Waals surface area contributed by atoms with E-state index in [1.165, 1.54) is 0 Å². The Bertz CT molecular complexity index is 483. The monoisotopic (exact) mass is 390 g/mol. The molecule has 1 saturated carbocycles. The highest BCUT2D eigenvalue weighted by Gasteiger charge is 2.68. The lowest BCUT2D eigenvalue weighted by molar-refractivity contribution is -0.0307. The molecule has 0 amide bonds. The fourth-order valence-corrected chi connectivity index (χ4v) is 16.1. The van der Waals surface area contributed by atoms with Gasteiger partial charge in [-0.1, -0.05) is 55.4 Å². The van der Waals surface area contributed by atoms with Gasteiger partial charge in [-0.3, -0.25) is 0 Å². The number of rotatable bonds is 4. The number of halogens is 1. The zero-order chi connectivity index (χ0) is 18.7. The highest BCUT2D eigenvalue weighted by Crippen LogP contribution is 2.53. The molecule has 3 aliphatic rings. The minimum Gasteiger partial charge on any atom is -0.414 e. The average Bonchev–Trinajstić information content (AvgIpc) is 3.21. The lowest BCUT2D eigenvalue weighted by Gasteiger charge is -2.51. The van der Waals surface area contributed by atoms with Gasteiger partial charge in [0.05, 0.1) is 12.2 Å². The fourth-order valence-electron chi connectivity index (χ4n) is 4.84. The molecule has 3 fully saturated rings. The molecule has 0 aromatic heterocycles. The molecule has 4 nitrogen and oxygen atoms in total. The maximum absolute atomic E-state index is 14.9. The van der Waals surface area contributed by atoms with Crippen molar-refractivity contribution in [2.75, 3.05) is 6.61 Å². The van der Waals surface area contributed by atoms with Crippen molar-refractivity contribution in [3.8, 4) is 0 Å². The number of hydrogen-bond acceptors (Lipinski definition) is 4. The summed E-state index contributed by atoms with van der Waals surface area (Å²) in [6, 6.07) is 0. The van der Waals surface area contributed by atoms with Crippen LogP contribution >= 0.6 is 0 Å². The molecule has 0 unspecified atom stereocenters. The number of hydrogen-bond donors (Lipinski definition) is 0. The van der Waals surface area contributed by atoms with Crippen LogP contribution in [0.2, 0.25) is 22.2 Å². The maximum atomic E-state index is 14.9. The van der Waals surface area contributed by atoms with Gasteiger partial charge in [-0.15, -0.1) is 0 Å². The summed E-state index contributed by atoms with van der Waals surface area (Å²) in [7, 11) is -5.19. The van der Waals surface area contributed by atoms with Gasteiger partial charge in [0.15, 0.2) is 6.17 Å². The SMILES string of the molecule is CC(C)[Si]1(C(C)C)OC[C@H]2[C@H]3O[C@H]3[C@@H](F)[C@@H]2O[Si](C(C)C)(C(C)C)O1. The van der Waals surface area contributed by atoms with Gasteiger partial charge in [0.2, 0.25) is 0 Å². The molecule has 3 rings (SSSR count). The Labute approximate surface area is 154 Å². The van der Waals surface area contributed by atoms with Crippen LogP contribution in [0.3, 0.4) is 0 Å². The van der Waals surface area contributed by atoms with Crippen molar-refractivity contribution in [1.29, 1.82) is 0 Å². The fraction of sp³-hybridized carbons (Fsp3) is 1.00. The van der Waals surface area contributed by atoms with Gasteiger partial charge < -0.3 is 17.7 Å². The summed E-state index contributed by atoms with van der Waals surface area (Å²) in [5.74, 6) is -0.00218. The standard InChI is InChI=1S/C18H35FO4Si2/c1-10(2)24(11(3)4)20-9-14-16(15(19)18-17(14)21-18)22-25(23-24,12(5)6)13(7)8/h10-18H,9H2,1-8H3/t14-,15+,16-,17-,18+/m1/s1. The van der Waals surface area contributed by atoms with Gasteiger partial charge in [-0.05, 0) is 22.2 Å². The number of fused-ring (bicyclic) bond motifs is 3. The van der Waals surface area contributed by atoms with Gasteiger partial charge >= 0.3 is 17.1 Å². The second kappa shape index (κ2) is 6.67. The lowest BCUT2D eigenvalue weighted by Crippen LogP contribution is -2.65. The third-order valence-corrected chi connectivity index (χ3v) is 16.6. The first-order chi connectivity index (χ1) is 11.6. The predicted octanol–water partition coefficient (Wildman–Crippen LogP) is 4.68. The van der Waals surface area contributed by atoms with Crippen LogP contribution in [0.5, 0.6) is 0 Å². The summed E-state index contributed by atoms with van der Waals surface area (Å²) in [6.07, 6.45) is -1.82. The van der Waals surface area contributed by atoms with E-state index in [9.17, 15) is 4.39 Å². The average molecular weight is 391 g/mol. The molecule has 0 aromatic carbocycles. The second-order valence-corrected chi connectivity index (χ2v) is 18.1. The molecule has 146 valence electrons. The number of alkyl halides is 1. The van der Waals surface area contributed by atoms with Gasteiger partial charge in [-0.25, -0.2) is 4.39 Å². The molecule has 0 spiro atoms. The normalized spacial score (nSPS) is 39.5. The number of epoxide rings is 1.